The van der Waals surface area contributed by atoms with Gasteiger partial charge in [-0.05, 0) is 41.1 Å². The molecule has 2 heterocycles. The molecule has 4 N–H and O–H groups in total. The first-order valence-corrected chi connectivity index (χ1v) is 12.8. The van der Waals surface area contributed by atoms with Gasteiger partial charge in [-0.25, -0.2) is 9.78 Å². The molecule has 0 aliphatic rings. The van der Waals surface area contributed by atoms with Crippen LogP contribution in [0.5, 0.6) is 0 Å². The molecule has 2 aromatic heterocycles. The maximum Gasteiger partial charge on any atom is 0.407 e. The largest absolute Gasteiger partial charge is 0.453 e. The van der Waals surface area contributed by atoms with Gasteiger partial charge in [0.25, 0.3) is 0 Å². The van der Waals surface area contributed by atoms with Gasteiger partial charge in [-0.2, -0.15) is 0 Å². The number of thiophene rings is 1. The van der Waals surface area contributed by atoms with Crippen molar-refractivity contribution in [2.24, 2.45) is 0 Å². The molecule has 0 bridgehead atoms. The lowest BCUT2D eigenvalue weighted by Crippen LogP contribution is -2.49. The average molecular weight is 507 g/mol. The number of carbonyl (C=O) groups excluding carboxylic acids is 2. The van der Waals surface area contributed by atoms with Crippen molar-refractivity contribution in [2.75, 3.05) is 12.8 Å². The van der Waals surface area contributed by atoms with E-state index in [2.05, 4.69) is 10.6 Å². The Hall–Kier alpha value is -3.69. The molecule has 0 aliphatic carbocycles. The molecule has 0 aliphatic heterocycles. The van der Waals surface area contributed by atoms with Crippen LogP contribution in [0.1, 0.15) is 22.2 Å². The number of benzene rings is 2. The number of hydrogen-bond acceptors (Lipinski definition) is 7. The molecule has 7 nitrogen and oxygen atoms in total. The minimum atomic E-state index is -0.810. The van der Waals surface area contributed by atoms with E-state index >= 15 is 0 Å². The molecule has 0 fully saturated rings. The first kappa shape index (κ1) is 24.4. The van der Waals surface area contributed by atoms with Gasteiger partial charge >= 0.3 is 6.09 Å². The van der Waals surface area contributed by atoms with E-state index in [1.807, 2.05) is 77.5 Å². The topological polar surface area (TPSA) is 106 Å². The van der Waals surface area contributed by atoms with Crippen LogP contribution in [0.15, 0.2) is 77.5 Å². The van der Waals surface area contributed by atoms with Crippen LogP contribution in [0.3, 0.4) is 0 Å². The van der Waals surface area contributed by atoms with Gasteiger partial charge in [0.05, 0.1) is 23.7 Å². The molecule has 2 amide bonds. The molecule has 4 rings (SSSR count). The molecular weight excluding hydrogens is 480 g/mol. The van der Waals surface area contributed by atoms with Crippen molar-refractivity contribution < 1.29 is 14.3 Å². The Labute approximate surface area is 212 Å². The number of ether oxygens (including phenoxy) is 1. The van der Waals surface area contributed by atoms with E-state index in [1.165, 1.54) is 18.4 Å². The average Bonchev–Trinajstić information content (AvgIpc) is 3.57. The Kier molecular flexibility index (Phi) is 8.12. The molecule has 2 atom stereocenters. The van der Waals surface area contributed by atoms with Gasteiger partial charge in [-0.15, -0.1) is 22.7 Å². The summed E-state index contributed by atoms with van der Waals surface area (Å²) in [7, 11) is 1.28. The zero-order valence-corrected chi connectivity index (χ0v) is 20.8. The van der Waals surface area contributed by atoms with Crippen molar-refractivity contribution in [1.82, 2.24) is 15.6 Å². The highest BCUT2D eigenvalue weighted by Crippen LogP contribution is 2.30. The molecule has 35 heavy (non-hydrogen) atoms. The molecule has 0 saturated heterocycles. The zero-order chi connectivity index (χ0) is 24.6. The number of thiazole rings is 1. The van der Waals surface area contributed by atoms with Crippen molar-refractivity contribution in [3.8, 4) is 10.6 Å². The molecule has 9 heteroatoms. The van der Waals surface area contributed by atoms with Crippen LogP contribution in [0.25, 0.3) is 10.6 Å². The lowest BCUT2D eigenvalue weighted by Gasteiger charge is -2.22. The number of methoxy groups -OCH3 is 1. The lowest BCUT2D eigenvalue weighted by molar-refractivity contribution is -0.123. The third-order valence-corrected chi connectivity index (χ3v) is 7.26. The number of hydrogen-bond donors (Lipinski definition) is 3. The highest BCUT2D eigenvalue weighted by molar-refractivity contribution is 7.14. The van der Waals surface area contributed by atoms with Crippen molar-refractivity contribution in [3.63, 3.8) is 0 Å². The summed E-state index contributed by atoms with van der Waals surface area (Å²) in [5.74, 6) is -0.312. The molecule has 180 valence electrons. The smallest absolute Gasteiger partial charge is 0.407 e. The summed E-state index contributed by atoms with van der Waals surface area (Å²) in [6.45, 7) is 0. The summed E-state index contributed by atoms with van der Waals surface area (Å²) in [5, 5.41) is 10.6. The first-order valence-electron chi connectivity index (χ1n) is 11.0. The van der Waals surface area contributed by atoms with Crippen LogP contribution in [-0.2, 0) is 22.4 Å². The van der Waals surface area contributed by atoms with Crippen LogP contribution in [0.4, 0.5) is 10.5 Å². The van der Waals surface area contributed by atoms with E-state index in [4.69, 9.17) is 15.5 Å². The quantitative estimate of drug-likeness (QED) is 0.282. The number of nitrogens with one attached hydrogen (secondary N) is 2. The van der Waals surface area contributed by atoms with Crippen molar-refractivity contribution in [3.05, 3.63) is 93.6 Å². The highest BCUT2D eigenvalue weighted by Gasteiger charge is 2.26. The van der Waals surface area contributed by atoms with Gasteiger partial charge in [-0.3, -0.25) is 4.79 Å². The predicted molar refractivity (Wildman–Crippen MR) is 140 cm³/mol. The second-order valence-electron chi connectivity index (χ2n) is 7.93. The Morgan fingerprint density at radius 2 is 1.69 bits per heavy atom. The number of nitrogens with zero attached hydrogens (tertiary/aromatic N) is 1. The van der Waals surface area contributed by atoms with Gasteiger partial charge in [0.15, 0.2) is 0 Å². The van der Waals surface area contributed by atoms with Gasteiger partial charge < -0.3 is 21.1 Å². The molecular formula is C26H26N4O3S2. The van der Waals surface area contributed by atoms with Crippen molar-refractivity contribution in [2.45, 2.75) is 24.9 Å². The summed E-state index contributed by atoms with van der Waals surface area (Å²) in [6.07, 6.45) is 0.194. The van der Waals surface area contributed by atoms with Crippen molar-refractivity contribution in [1.29, 1.82) is 0 Å². The Bertz CT molecular complexity index is 1240. The molecule has 0 spiro atoms. The number of amides is 2. The number of nitrogens with two attached hydrogens (primary N) is 1. The summed E-state index contributed by atoms with van der Waals surface area (Å²) in [6, 6.07) is 19.9. The van der Waals surface area contributed by atoms with E-state index in [9.17, 15) is 9.59 Å². The Balaban J connectivity index is 1.59. The van der Waals surface area contributed by atoms with Gasteiger partial charge in [0.1, 0.15) is 11.0 Å². The summed E-state index contributed by atoms with van der Waals surface area (Å²) >= 11 is 3.12. The van der Waals surface area contributed by atoms with E-state index < -0.39 is 12.1 Å². The summed E-state index contributed by atoms with van der Waals surface area (Å²) in [5.41, 5.74) is 9.34. The second-order valence-corrected chi connectivity index (χ2v) is 9.77. The molecule has 2 aromatic carbocycles. The predicted octanol–water partition coefficient (Wildman–Crippen LogP) is 4.82. The SMILES string of the molecule is COC(=O)N[C@@H](Cc1ccccc1)C(=O)N[C@@H](Cc1ccc(N)cc1)c1nc(-c2cccs2)cs1. The maximum atomic E-state index is 13.4. The third-order valence-electron chi connectivity index (χ3n) is 5.41. The van der Waals surface area contributed by atoms with E-state index in [-0.39, 0.29) is 11.9 Å². The number of carbonyl (C=O) groups is 2. The van der Waals surface area contributed by atoms with Crippen LogP contribution in [0, 0.1) is 0 Å². The number of anilines is 1. The number of rotatable bonds is 9. The first-order chi connectivity index (χ1) is 17.0. The third kappa shape index (κ3) is 6.68. The summed E-state index contributed by atoms with van der Waals surface area (Å²) < 4.78 is 4.76. The standard InChI is InChI=1S/C26H26N4O3S2/c1-33-26(32)30-20(14-17-6-3-2-4-7-17)24(31)28-21(15-18-9-11-19(27)12-10-18)25-29-22(16-35-25)23-8-5-13-34-23/h2-13,16,20-21H,14-15,27H2,1H3,(H,28,31)(H,30,32)/t20-,21-/m0/s1. The molecule has 0 radical (unpaired) electrons. The zero-order valence-electron chi connectivity index (χ0n) is 19.1. The van der Waals surface area contributed by atoms with E-state index in [1.54, 1.807) is 11.3 Å². The van der Waals surface area contributed by atoms with Crippen LogP contribution in [-0.4, -0.2) is 30.1 Å². The minimum absolute atomic E-state index is 0.312. The highest BCUT2D eigenvalue weighted by atomic mass is 32.1. The van der Waals surface area contributed by atoms with Crippen LogP contribution >= 0.6 is 22.7 Å². The number of nitrogen functional groups attached to an aromatic ring is 1. The van der Waals surface area contributed by atoms with Crippen LogP contribution < -0.4 is 16.4 Å². The Morgan fingerprint density at radius 3 is 2.37 bits per heavy atom. The lowest BCUT2D eigenvalue weighted by atomic mass is 10.0. The van der Waals surface area contributed by atoms with Gasteiger partial charge in [-0.1, -0.05) is 48.5 Å². The summed E-state index contributed by atoms with van der Waals surface area (Å²) in [4.78, 5) is 31.3. The maximum absolute atomic E-state index is 13.4. The number of aromatic nitrogens is 1. The minimum Gasteiger partial charge on any atom is -0.453 e. The Morgan fingerprint density at radius 1 is 0.943 bits per heavy atom. The normalized spacial score (nSPS) is 12.5. The molecule has 0 saturated carbocycles. The van der Waals surface area contributed by atoms with Gasteiger partial charge in [0, 0.05) is 17.5 Å². The number of alkyl carbamates (subject to hydrolysis) is 1. The van der Waals surface area contributed by atoms with Gasteiger partial charge in [0.2, 0.25) is 5.91 Å². The van der Waals surface area contributed by atoms with E-state index in [0.29, 0.717) is 18.5 Å². The fourth-order valence-electron chi connectivity index (χ4n) is 3.61. The molecule has 4 aromatic rings. The molecule has 0 unspecified atom stereocenters. The second kappa shape index (κ2) is 11.6. The van der Waals surface area contributed by atoms with E-state index in [0.717, 1.165) is 26.7 Å². The monoisotopic (exact) mass is 506 g/mol. The fraction of sp³-hybridized carbons (Fsp3) is 0.192. The fourth-order valence-corrected chi connectivity index (χ4v) is 5.24. The van der Waals surface area contributed by atoms with Crippen molar-refractivity contribution >= 4 is 40.4 Å². The van der Waals surface area contributed by atoms with Crippen LogP contribution in [0.2, 0.25) is 0 Å².